The van der Waals surface area contributed by atoms with Gasteiger partial charge in [-0.15, -0.1) is 0 Å². The average Bonchev–Trinajstić information content (AvgIpc) is 3.01. The molecule has 2 heterocycles. The van der Waals surface area contributed by atoms with Crippen molar-refractivity contribution >= 4 is 11.7 Å². The molecule has 6 heteroatoms. The van der Waals surface area contributed by atoms with Crippen LogP contribution in [0.25, 0.3) is 0 Å². The van der Waals surface area contributed by atoms with Gasteiger partial charge in [0, 0.05) is 32.2 Å². The summed E-state index contributed by atoms with van der Waals surface area (Å²) in [6, 6.07) is 11.3. The number of carbonyl (C=O) groups is 1. The zero-order valence-electron chi connectivity index (χ0n) is 14.2. The van der Waals surface area contributed by atoms with Crippen molar-refractivity contribution in [3.63, 3.8) is 0 Å². The number of nitrogens with zero attached hydrogens (tertiary/aromatic N) is 3. The Morgan fingerprint density at radius 2 is 1.96 bits per heavy atom. The van der Waals surface area contributed by atoms with E-state index < -0.39 is 0 Å². The predicted molar refractivity (Wildman–Crippen MR) is 92.7 cm³/mol. The molecule has 0 radical (unpaired) electrons. The molecule has 0 unspecified atom stereocenters. The molecule has 1 saturated heterocycles. The van der Waals surface area contributed by atoms with E-state index in [0.29, 0.717) is 11.6 Å². The zero-order chi connectivity index (χ0) is 16.9. The number of likely N-dealkylation sites (N-methyl/N-ethyl adjacent to an activating group) is 1. The molecule has 1 amide bonds. The average molecular weight is 328 g/mol. The van der Waals surface area contributed by atoms with Gasteiger partial charge < -0.3 is 14.7 Å². The van der Waals surface area contributed by atoms with E-state index in [9.17, 15) is 4.79 Å². The van der Waals surface area contributed by atoms with Crippen molar-refractivity contribution in [1.29, 1.82) is 0 Å². The highest BCUT2D eigenvalue weighted by atomic mass is 16.5. The van der Waals surface area contributed by atoms with E-state index in [2.05, 4.69) is 27.2 Å². The van der Waals surface area contributed by atoms with E-state index in [1.807, 2.05) is 30.3 Å². The van der Waals surface area contributed by atoms with Crippen molar-refractivity contribution in [3.05, 3.63) is 47.7 Å². The van der Waals surface area contributed by atoms with E-state index in [4.69, 9.17) is 4.52 Å². The van der Waals surface area contributed by atoms with E-state index in [-0.39, 0.29) is 11.9 Å². The van der Waals surface area contributed by atoms with Crippen molar-refractivity contribution in [2.24, 2.45) is 0 Å². The van der Waals surface area contributed by atoms with Crippen LogP contribution in [0.15, 0.2) is 40.9 Å². The Labute approximate surface area is 142 Å². The second kappa shape index (κ2) is 7.59. The van der Waals surface area contributed by atoms with Crippen LogP contribution in [0.2, 0.25) is 0 Å². The molecule has 1 aromatic carbocycles. The Morgan fingerprint density at radius 3 is 2.54 bits per heavy atom. The lowest BCUT2D eigenvalue weighted by Crippen LogP contribution is -2.49. The van der Waals surface area contributed by atoms with Crippen LogP contribution in [0.4, 0.5) is 5.82 Å². The number of amides is 1. The second-order valence-corrected chi connectivity index (χ2v) is 6.10. The van der Waals surface area contributed by atoms with Crippen LogP contribution < -0.4 is 5.32 Å². The minimum atomic E-state index is -0.317. The third-order valence-corrected chi connectivity index (χ3v) is 4.46. The molecule has 1 aliphatic heterocycles. The minimum absolute atomic E-state index is 0.0700. The lowest BCUT2D eigenvalue weighted by atomic mass is 10.0. The second-order valence-electron chi connectivity index (χ2n) is 6.10. The van der Waals surface area contributed by atoms with Crippen LogP contribution in [0.5, 0.6) is 0 Å². The lowest BCUT2D eigenvalue weighted by Gasteiger charge is -2.38. The molecule has 6 nitrogen and oxygen atoms in total. The number of carbonyl (C=O) groups excluding carboxylic acids is 1. The molecule has 0 bridgehead atoms. The van der Waals surface area contributed by atoms with Gasteiger partial charge >= 0.3 is 0 Å². The van der Waals surface area contributed by atoms with Gasteiger partial charge in [0.1, 0.15) is 11.8 Å². The highest BCUT2D eigenvalue weighted by molar-refractivity contribution is 5.94. The molecule has 2 aromatic rings. The number of hydrogen-bond donors (Lipinski definition) is 1. The van der Waals surface area contributed by atoms with Crippen LogP contribution in [0.3, 0.4) is 0 Å². The van der Waals surface area contributed by atoms with E-state index in [0.717, 1.165) is 38.3 Å². The fourth-order valence-corrected chi connectivity index (χ4v) is 3.12. The van der Waals surface area contributed by atoms with Crippen molar-refractivity contribution in [1.82, 2.24) is 15.0 Å². The third-order valence-electron chi connectivity index (χ3n) is 4.46. The number of benzene rings is 1. The molecule has 24 heavy (non-hydrogen) atoms. The van der Waals surface area contributed by atoms with Gasteiger partial charge in [-0.2, -0.15) is 0 Å². The van der Waals surface area contributed by atoms with Gasteiger partial charge in [0.2, 0.25) is 5.91 Å². The molecular formula is C18H24N4O2. The monoisotopic (exact) mass is 328 g/mol. The van der Waals surface area contributed by atoms with Gasteiger partial charge in [0.25, 0.3) is 0 Å². The van der Waals surface area contributed by atoms with Crippen LogP contribution in [-0.4, -0.2) is 53.6 Å². The quantitative estimate of drug-likeness (QED) is 0.912. The molecule has 1 N–H and O–H groups in total. The van der Waals surface area contributed by atoms with Crippen LogP contribution >= 0.6 is 0 Å². The first kappa shape index (κ1) is 16.7. The van der Waals surface area contributed by atoms with Crippen LogP contribution in [-0.2, 0) is 4.79 Å². The Morgan fingerprint density at radius 1 is 1.25 bits per heavy atom. The van der Waals surface area contributed by atoms with Gasteiger partial charge in [-0.25, -0.2) is 0 Å². The zero-order valence-corrected chi connectivity index (χ0v) is 14.2. The summed E-state index contributed by atoms with van der Waals surface area (Å²) in [6.07, 6.45) is 0. The Balaban J connectivity index is 1.78. The minimum Gasteiger partial charge on any atom is -0.360 e. The molecule has 3 rings (SSSR count). The molecule has 0 aliphatic carbocycles. The fourth-order valence-electron chi connectivity index (χ4n) is 3.12. The highest BCUT2D eigenvalue weighted by Gasteiger charge is 2.30. The Bertz CT molecular complexity index is 663. The Kier molecular flexibility index (Phi) is 5.27. The number of aryl methyl sites for hydroxylation is 1. The number of piperazine rings is 1. The summed E-state index contributed by atoms with van der Waals surface area (Å²) in [6.45, 7) is 8.74. The number of aromatic nitrogens is 1. The predicted octanol–water partition coefficient (Wildman–Crippen LogP) is 2.30. The maximum atomic E-state index is 12.9. The van der Waals surface area contributed by atoms with E-state index in [1.54, 1.807) is 13.0 Å². The first-order valence-corrected chi connectivity index (χ1v) is 8.43. The van der Waals surface area contributed by atoms with Gasteiger partial charge in [0.15, 0.2) is 5.82 Å². The molecule has 1 atom stereocenters. The maximum Gasteiger partial charge on any atom is 0.247 e. The molecular weight excluding hydrogens is 304 g/mol. The summed E-state index contributed by atoms with van der Waals surface area (Å²) in [5.74, 6) is 1.07. The number of hydrogen-bond acceptors (Lipinski definition) is 5. The topological polar surface area (TPSA) is 61.6 Å². The summed E-state index contributed by atoms with van der Waals surface area (Å²) in [5, 5.41) is 6.75. The smallest absolute Gasteiger partial charge is 0.247 e. The largest absolute Gasteiger partial charge is 0.360 e. The van der Waals surface area contributed by atoms with Gasteiger partial charge in [-0.05, 0) is 19.0 Å². The summed E-state index contributed by atoms with van der Waals surface area (Å²) in [7, 11) is 0. The molecule has 128 valence electrons. The summed E-state index contributed by atoms with van der Waals surface area (Å²) >= 11 is 0. The standard InChI is InChI=1S/C18H24N4O2/c1-3-21-9-11-22(12-10-21)17(15-7-5-4-6-8-15)18(23)19-16-13-14(2)24-20-16/h4-8,13,17H,3,9-12H2,1-2H3,(H,19,20,23)/t17-/m0/s1. The van der Waals surface area contributed by atoms with Gasteiger partial charge in [-0.1, -0.05) is 42.4 Å². The maximum absolute atomic E-state index is 12.9. The van der Waals surface area contributed by atoms with Crippen molar-refractivity contribution in [2.45, 2.75) is 19.9 Å². The third kappa shape index (κ3) is 3.83. The van der Waals surface area contributed by atoms with Gasteiger partial charge in [-0.3, -0.25) is 9.69 Å². The Hall–Kier alpha value is -2.18. The number of nitrogens with one attached hydrogen (secondary N) is 1. The highest BCUT2D eigenvalue weighted by Crippen LogP contribution is 2.24. The first-order chi connectivity index (χ1) is 11.7. The normalized spacial score (nSPS) is 17.6. The van der Waals surface area contributed by atoms with E-state index >= 15 is 0 Å². The number of rotatable bonds is 5. The molecule has 1 aliphatic rings. The SMILES string of the molecule is CCN1CCN([C@H](C(=O)Nc2cc(C)on2)c2ccccc2)CC1. The summed E-state index contributed by atoms with van der Waals surface area (Å²) < 4.78 is 5.04. The van der Waals surface area contributed by atoms with Gasteiger partial charge in [0.05, 0.1) is 0 Å². The molecule has 0 saturated carbocycles. The van der Waals surface area contributed by atoms with Crippen molar-refractivity contribution < 1.29 is 9.32 Å². The molecule has 1 aromatic heterocycles. The summed E-state index contributed by atoms with van der Waals surface area (Å²) in [5.41, 5.74) is 1.00. The first-order valence-electron chi connectivity index (χ1n) is 8.43. The molecule has 0 spiro atoms. The van der Waals surface area contributed by atoms with Crippen LogP contribution in [0, 0.1) is 6.92 Å². The summed E-state index contributed by atoms with van der Waals surface area (Å²) in [4.78, 5) is 17.6. The fraction of sp³-hybridized carbons (Fsp3) is 0.444. The van der Waals surface area contributed by atoms with Crippen molar-refractivity contribution in [2.75, 3.05) is 38.0 Å². The lowest BCUT2D eigenvalue weighted by molar-refractivity contribution is -0.122. The van der Waals surface area contributed by atoms with Crippen molar-refractivity contribution in [3.8, 4) is 0 Å². The van der Waals surface area contributed by atoms with E-state index in [1.165, 1.54) is 0 Å². The molecule has 1 fully saturated rings. The number of anilines is 1. The van der Waals surface area contributed by atoms with Crippen LogP contribution in [0.1, 0.15) is 24.3 Å².